The molecule has 0 saturated carbocycles. The van der Waals surface area contributed by atoms with Gasteiger partial charge in [-0.25, -0.2) is 4.98 Å². The highest BCUT2D eigenvalue weighted by Crippen LogP contribution is 2.31. The van der Waals surface area contributed by atoms with Crippen LogP contribution in [0.2, 0.25) is 0 Å². The lowest BCUT2D eigenvalue weighted by atomic mass is 10.1. The van der Waals surface area contributed by atoms with Gasteiger partial charge in [0.15, 0.2) is 0 Å². The average Bonchev–Trinajstić information content (AvgIpc) is 2.89. The van der Waals surface area contributed by atoms with Gasteiger partial charge in [-0.2, -0.15) is 0 Å². The molecule has 3 heteroatoms. The molecule has 2 aromatic carbocycles. The quantitative estimate of drug-likeness (QED) is 0.600. The van der Waals surface area contributed by atoms with Crippen LogP contribution in [0.1, 0.15) is 5.56 Å². The van der Waals surface area contributed by atoms with E-state index in [9.17, 15) is 0 Å². The molecule has 0 saturated heterocycles. The third-order valence-electron chi connectivity index (χ3n) is 3.00. The predicted octanol–water partition coefficient (Wildman–Crippen LogP) is 5.55. The third-order valence-corrected chi connectivity index (χ3v) is 4.37. The molecule has 3 rings (SSSR count). The summed E-state index contributed by atoms with van der Waals surface area (Å²) in [4.78, 5) is 4.75. The maximum atomic E-state index is 4.75. The number of hydrogen-bond donors (Lipinski definition) is 0. The Morgan fingerprint density at radius 2 is 1.89 bits per heavy atom. The number of rotatable bonds is 2. The van der Waals surface area contributed by atoms with Crippen LogP contribution in [0.25, 0.3) is 21.8 Å². The number of benzene rings is 2. The molecule has 0 atom stereocenters. The van der Waals surface area contributed by atoms with Crippen molar-refractivity contribution >= 4 is 27.3 Å². The van der Waals surface area contributed by atoms with Crippen LogP contribution in [0, 0.1) is 6.92 Å². The Kier molecular flexibility index (Phi) is 3.49. The number of aromatic nitrogens is 1. The van der Waals surface area contributed by atoms with Crippen molar-refractivity contribution in [3.8, 4) is 21.8 Å². The van der Waals surface area contributed by atoms with Gasteiger partial charge < -0.3 is 0 Å². The summed E-state index contributed by atoms with van der Waals surface area (Å²) in [5.74, 6) is 0. The normalized spacial score (nSPS) is 10.6. The molecule has 0 amide bonds. The molecule has 0 aliphatic carbocycles. The minimum atomic E-state index is 1.03. The zero-order valence-electron chi connectivity index (χ0n) is 10.4. The minimum absolute atomic E-state index is 1.03. The smallest absolute Gasteiger partial charge is 0.124 e. The molecule has 0 N–H and O–H groups in total. The predicted molar refractivity (Wildman–Crippen MR) is 85.4 cm³/mol. The van der Waals surface area contributed by atoms with Crippen LogP contribution in [0.5, 0.6) is 0 Å². The van der Waals surface area contributed by atoms with Crippen molar-refractivity contribution in [3.63, 3.8) is 0 Å². The van der Waals surface area contributed by atoms with Gasteiger partial charge in [0.2, 0.25) is 0 Å². The van der Waals surface area contributed by atoms with Crippen molar-refractivity contribution in [1.29, 1.82) is 0 Å². The van der Waals surface area contributed by atoms with Gasteiger partial charge in [-0.05, 0) is 24.6 Å². The van der Waals surface area contributed by atoms with Gasteiger partial charge in [0.05, 0.1) is 5.69 Å². The summed E-state index contributed by atoms with van der Waals surface area (Å²) >= 11 is 5.19. The molecule has 0 fully saturated rings. The fourth-order valence-electron chi connectivity index (χ4n) is 1.99. The van der Waals surface area contributed by atoms with Crippen LogP contribution in [-0.2, 0) is 0 Å². The number of aryl methyl sites for hydroxylation is 1. The first-order valence-electron chi connectivity index (χ1n) is 6.01. The zero-order chi connectivity index (χ0) is 13.2. The Morgan fingerprint density at radius 1 is 1.05 bits per heavy atom. The van der Waals surface area contributed by atoms with Gasteiger partial charge in [0.25, 0.3) is 0 Å². The Bertz CT molecular complexity index is 718. The molecule has 3 aromatic rings. The standard InChI is InChI=1S/C16H12BrNS/c1-11-5-2-3-8-14(11)16-18-15(10-19-16)12-6-4-7-13(17)9-12/h2-10H,1H3. The van der Waals surface area contributed by atoms with E-state index in [-0.39, 0.29) is 0 Å². The molecule has 19 heavy (non-hydrogen) atoms. The van der Waals surface area contributed by atoms with Crippen LogP contribution in [-0.4, -0.2) is 4.98 Å². The maximum Gasteiger partial charge on any atom is 0.124 e. The van der Waals surface area contributed by atoms with Gasteiger partial charge in [0, 0.05) is 21.0 Å². The molecular formula is C16H12BrNS. The highest BCUT2D eigenvalue weighted by Gasteiger charge is 2.08. The molecule has 0 unspecified atom stereocenters. The van der Waals surface area contributed by atoms with Crippen molar-refractivity contribution < 1.29 is 0 Å². The molecular weight excluding hydrogens is 318 g/mol. The second kappa shape index (κ2) is 5.27. The fraction of sp³-hybridized carbons (Fsp3) is 0.0625. The van der Waals surface area contributed by atoms with E-state index in [0.29, 0.717) is 0 Å². The van der Waals surface area contributed by atoms with Gasteiger partial charge in [-0.15, -0.1) is 11.3 Å². The summed E-state index contributed by atoms with van der Waals surface area (Å²) in [5, 5.41) is 3.19. The van der Waals surface area contributed by atoms with Crippen LogP contribution < -0.4 is 0 Å². The molecule has 0 radical (unpaired) electrons. The largest absolute Gasteiger partial charge is 0.236 e. The van der Waals surface area contributed by atoms with E-state index < -0.39 is 0 Å². The Labute approximate surface area is 125 Å². The van der Waals surface area contributed by atoms with Gasteiger partial charge in [-0.1, -0.05) is 52.3 Å². The number of hydrogen-bond acceptors (Lipinski definition) is 2. The first kappa shape index (κ1) is 12.6. The van der Waals surface area contributed by atoms with Gasteiger partial charge in [0.1, 0.15) is 5.01 Å². The molecule has 1 heterocycles. The summed E-state index contributed by atoms with van der Waals surface area (Å²) < 4.78 is 1.08. The molecule has 0 spiro atoms. The van der Waals surface area contributed by atoms with Crippen molar-refractivity contribution in [3.05, 3.63) is 63.9 Å². The number of thiazole rings is 1. The van der Waals surface area contributed by atoms with E-state index in [1.165, 1.54) is 11.1 Å². The van der Waals surface area contributed by atoms with Crippen LogP contribution in [0.15, 0.2) is 58.4 Å². The summed E-state index contributed by atoms with van der Waals surface area (Å²) in [7, 11) is 0. The Morgan fingerprint density at radius 3 is 2.68 bits per heavy atom. The Balaban J connectivity index is 2.03. The lowest BCUT2D eigenvalue weighted by Crippen LogP contribution is -1.82. The molecule has 0 aliphatic rings. The summed E-state index contributed by atoms with van der Waals surface area (Å²) in [6.45, 7) is 2.12. The second-order valence-corrected chi connectivity index (χ2v) is 6.14. The topological polar surface area (TPSA) is 12.9 Å². The third kappa shape index (κ3) is 2.62. The summed E-state index contributed by atoms with van der Waals surface area (Å²) in [6, 6.07) is 16.6. The first-order chi connectivity index (χ1) is 9.24. The number of halogens is 1. The number of nitrogens with zero attached hydrogens (tertiary/aromatic N) is 1. The molecule has 1 nitrogen and oxygen atoms in total. The zero-order valence-corrected chi connectivity index (χ0v) is 12.8. The van der Waals surface area contributed by atoms with Crippen molar-refractivity contribution in [2.75, 3.05) is 0 Å². The van der Waals surface area contributed by atoms with E-state index in [1.54, 1.807) is 11.3 Å². The monoisotopic (exact) mass is 329 g/mol. The van der Waals surface area contributed by atoms with Crippen LogP contribution >= 0.6 is 27.3 Å². The van der Waals surface area contributed by atoms with Crippen LogP contribution in [0.4, 0.5) is 0 Å². The van der Waals surface area contributed by atoms with E-state index in [4.69, 9.17) is 4.98 Å². The lowest BCUT2D eigenvalue weighted by molar-refractivity contribution is 1.37. The van der Waals surface area contributed by atoms with Crippen molar-refractivity contribution in [2.24, 2.45) is 0 Å². The fourth-order valence-corrected chi connectivity index (χ4v) is 3.31. The average molecular weight is 330 g/mol. The van der Waals surface area contributed by atoms with E-state index in [2.05, 4.69) is 64.6 Å². The van der Waals surface area contributed by atoms with E-state index >= 15 is 0 Å². The molecule has 94 valence electrons. The highest BCUT2D eigenvalue weighted by atomic mass is 79.9. The molecule has 1 aromatic heterocycles. The van der Waals surface area contributed by atoms with Gasteiger partial charge in [-0.3, -0.25) is 0 Å². The van der Waals surface area contributed by atoms with E-state index in [1.807, 2.05) is 12.1 Å². The lowest BCUT2D eigenvalue weighted by Gasteiger charge is -2.01. The van der Waals surface area contributed by atoms with E-state index in [0.717, 1.165) is 20.7 Å². The van der Waals surface area contributed by atoms with Gasteiger partial charge >= 0.3 is 0 Å². The first-order valence-corrected chi connectivity index (χ1v) is 7.69. The SMILES string of the molecule is Cc1ccccc1-c1nc(-c2cccc(Br)c2)cs1. The van der Waals surface area contributed by atoms with Crippen molar-refractivity contribution in [2.45, 2.75) is 6.92 Å². The highest BCUT2D eigenvalue weighted by molar-refractivity contribution is 9.10. The van der Waals surface area contributed by atoms with Crippen molar-refractivity contribution in [1.82, 2.24) is 4.98 Å². The van der Waals surface area contributed by atoms with Crippen LogP contribution in [0.3, 0.4) is 0 Å². The molecule has 0 bridgehead atoms. The Hall–Kier alpha value is -1.45. The summed E-state index contributed by atoms with van der Waals surface area (Å²) in [5.41, 5.74) is 4.65. The summed E-state index contributed by atoms with van der Waals surface area (Å²) in [6.07, 6.45) is 0. The molecule has 0 aliphatic heterocycles. The maximum absolute atomic E-state index is 4.75. The minimum Gasteiger partial charge on any atom is -0.236 e. The second-order valence-electron chi connectivity index (χ2n) is 4.36.